The molecular formula is C21H21ClF3N5O. The van der Waals surface area contributed by atoms with Gasteiger partial charge in [-0.15, -0.1) is 0 Å². The summed E-state index contributed by atoms with van der Waals surface area (Å²) >= 11 is 6.11. The van der Waals surface area contributed by atoms with E-state index in [-0.39, 0.29) is 5.02 Å². The molecule has 1 aliphatic heterocycles. The molecule has 0 bridgehead atoms. The lowest BCUT2D eigenvalue weighted by atomic mass is 10.1. The zero-order valence-corrected chi connectivity index (χ0v) is 17.6. The van der Waals surface area contributed by atoms with Gasteiger partial charge in [-0.3, -0.25) is 4.90 Å². The molecule has 6 nitrogen and oxygen atoms in total. The lowest BCUT2D eigenvalue weighted by Gasteiger charge is -2.23. The van der Waals surface area contributed by atoms with Crippen LogP contribution in [0, 0.1) is 6.92 Å². The van der Waals surface area contributed by atoms with Crippen molar-refractivity contribution in [1.29, 1.82) is 0 Å². The van der Waals surface area contributed by atoms with Crippen molar-refractivity contribution in [2.75, 3.05) is 31.1 Å². The van der Waals surface area contributed by atoms with E-state index in [1.54, 1.807) is 0 Å². The second-order valence-electron chi connectivity index (χ2n) is 7.52. The topological polar surface area (TPSA) is 58.3 Å². The second-order valence-corrected chi connectivity index (χ2v) is 7.93. The van der Waals surface area contributed by atoms with Crippen molar-refractivity contribution in [3.05, 3.63) is 58.6 Å². The normalized spacial score (nSPS) is 15.8. The summed E-state index contributed by atoms with van der Waals surface area (Å²) in [5, 5.41) is 4.07. The number of benzene rings is 1. The fraction of sp³-hybridized carbons (Fsp3) is 0.381. The largest absolute Gasteiger partial charge is 0.417 e. The molecule has 0 N–H and O–H groups in total. The number of hydrogen-bond acceptors (Lipinski definition) is 6. The Kier molecular flexibility index (Phi) is 6.15. The number of nitrogens with zero attached hydrogens (tertiary/aromatic N) is 5. The summed E-state index contributed by atoms with van der Waals surface area (Å²) in [7, 11) is 0. The van der Waals surface area contributed by atoms with Crippen molar-refractivity contribution < 1.29 is 17.7 Å². The van der Waals surface area contributed by atoms with Gasteiger partial charge in [0.15, 0.2) is 0 Å². The molecule has 164 valence electrons. The van der Waals surface area contributed by atoms with Crippen LogP contribution in [0.4, 0.5) is 19.0 Å². The maximum absolute atomic E-state index is 12.9. The molecule has 2 aromatic heterocycles. The molecule has 0 spiro atoms. The molecule has 1 fully saturated rings. The highest BCUT2D eigenvalue weighted by Crippen LogP contribution is 2.33. The van der Waals surface area contributed by atoms with Crippen LogP contribution in [0.5, 0.6) is 0 Å². The van der Waals surface area contributed by atoms with E-state index in [1.165, 1.54) is 0 Å². The SMILES string of the molecule is Cc1ccc(-c2noc(CN3CCCN(c4ncc(C(F)(F)F)cc4Cl)CC3)n2)cc1. The molecule has 0 amide bonds. The van der Waals surface area contributed by atoms with Crippen molar-refractivity contribution in [2.45, 2.75) is 26.1 Å². The van der Waals surface area contributed by atoms with Crippen molar-refractivity contribution in [3.8, 4) is 11.4 Å². The van der Waals surface area contributed by atoms with Gasteiger partial charge < -0.3 is 9.42 Å². The molecule has 31 heavy (non-hydrogen) atoms. The van der Waals surface area contributed by atoms with Crippen molar-refractivity contribution in [1.82, 2.24) is 20.0 Å². The number of hydrogen-bond donors (Lipinski definition) is 0. The predicted molar refractivity (Wildman–Crippen MR) is 111 cm³/mol. The highest BCUT2D eigenvalue weighted by Gasteiger charge is 2.32. The van der Waals surface area contributed by atoms with Crippen LogP contribution >= 0.6 is 11.6 Å². The zero-order valence-electron chi connectivity index (χ0n) is 16.9. The van der Waals surface area contributed by atoms with Gasteiger partial charge in [0.2, 0.25) is 11.7 Å². The second kappa shape index (κ2) is 8.84. The van der Waals surface area contributed by atoms with Gasteiger partial charge in [-0.2, -0.15) is 18.2 Å². The third kappa shape index (κ3) is 5.16. The Hall–Kier alpha value is -2.65. The van der Waals surface area contributed by atoms with Crippen LogP contribution in [0.15, 0.2) is 41.1 Å². The standard InChI is InChI=1S/C21H21ClF3N5O/c1-14-3-5-15(6-4-14)19-27-18(31-28-19)13-29-7-2-8-30(10-9-29)20-17(22)11-16(12-26-20)21(23,24)25/h3-6,11-12H,2,7-10,13H2,1H3. The van der Waals surface area contributed by atoms with Crippen LogP contribution in [-0.2, 0) is 12.7 Å². The summed E-state index contributed by atoms with van der Waals surface area (Å²) in [5.41, 5.74) is 1.20. The number of halogens is 4. The van der Waals surface area contributed by atoms with E-state index in [0.717, 1.165) is 36.4 Å². The lowest BCUT2D eigenvalue weighted by molar-refractivity contribution is -0.137. The third-order valence-electron chi connectivity index (χ3n) is 5.17. The molecular weight excluding hydrogens is 431 g/mol. The average molecular weight is 452 g/mol. The maximum atomic E-state index is 12.9. The Bertz CT molecular complexity index is 1040. The minimum Gasteiger partial charge on any atom is -0.354 e. The van der Waals surface area contributed by atoms with Crippen LogP contribution in [-0.4, -0.2) is 46.2 Å². The first kappa shape index (κ1) is 21.6. The van der Waals surface area contributed by atoms with E-state index in [1.807, 2.05) is 36.1 Å². The number of alkyl halides is 3. The van der Waals surface area contributed by atoms with Crippen LogP contribution in [0.2, 0.25) is 5.02 Å². The van der Waals surface area contributed by atoms with E-state index in [2.05, 4.69) is 20.0 Å². The molecule has 1 aliphatic rings. The highest BCUT2D eigenvalue weighted by atomic mass is 35.5. The van der Waals surface area contributed by atoms with E-state index in [0.29, 0.717) is 43.7 Å². The Morgan fingerprint density at radius 2 is 1.87 bits per heavy atom. The average Bonchev–Trinajstić information content (AvgIpc) is 3.06. The van der Waals surface area contributed by atoms with Gasteiger partial charge in [-0.25, -0.2) is 4.98 Å². The first-order valence-electron chi connectivity index (χ1n) is 9.89. The summed E-state index contributed by atoms with van der Waals surface area (Å²) < 4.78 is 44.0. The van der Waals surface area contributed by atoms with E-state index >= 15 is 0 Å². The molecule has 1 aromatic carbocycles. The summed E-state index contributed by atoms with van der Waals surface area (Å²) in [6.07, 6.45) is -2.83. The summed E-state index contributed by atoms with van der Waals surface area (Å²) in [5.74, 6) is 1.44. The van der Waals surface area contributed by atoms with Gasteiger partial charge in [0, 0.05) is 37.9 Å². The van der Waals surface area contributed by atoms with Crippen molar-refractivity contribution >= 4 is 17.4 Å². The quantitative estimate of drug-likeness (QED) is 0.566. The Labute approximate surface area is 182 Å². The highest BCUT2D eigenvalue weighted by molar-refractivity contribution is 6.33. The lowest BCUT2D eigenvalue weighted by Crippen LogP contribution is -2.31. The Morgan fingerprint density at radius 3 is 2.58 bits per heavy atom. The minimum atomic E-state index is -4.47. The third-order valence-corrected chi connectivity index (χ3v) is 5.45. The molecule has 0 saturated carbocycles. The smallest absolute Gasteiger partial charge is 0.354 e. The van der Waals surface area contributed by atoms with Gasteiger partial charge in [-0.05, 0) is 19.4 Å². The van der Waals surface area contributed by atoms with Gasteiger partial charge in [0.05, 0.1) is 17.1 Å². The van der Waals surface area contributed by atoms with E-state index in [9.17, 15) is 13.2 Å². The van der Waals surface area contributed by atoms with E-state index < -0.39 is 11.7 Å². The Morgan fingerprint density at radius 1 is 1.10 bits per heavy atom. The van der Waals surface area contributed by atoms with Crippen LogP contribution in [0.25, 0.3) is 11.4 Å². The van der Waals surface area contributed by atoms with Crippen LogP contribution in [0.1, 0.15) is 23.4 Å². The molecule has 0 unspecified atom stereocenters. The van der Waals surface area contributed by atoms with Crippen LogP contribution in [0.3, 0.4) is 0 Å². The van der Waals surface area contributed by atoms with Gasteiger partial charge in [0.25, 0.3) is 0 Å². The van der Waals surface area contributed by atoms with Crippen LogP contribution < -0.4 is 4.90 Å². The maximum Gasteiger partial charge on any atom is 0.417 e. The number of aromatic nitrogens is 3. The first-order valence-corrected chi connectivity index (χ1v) is 10.3. The molecule has 0 radical (unpaired) electrons. The van der Waals surface area contributed by atoms with Gasteiger partial charge in [0.1, 0.15) is 5.82 Å². The molecule has 4 rings (SSSR count). The summed E-state index contributed by atoms with van der Waals surface area (Å²) in [4.78, 5) is 12.5. The number of anilines is 1. The molecule has 0 atom stereocenters. The molecule has 1 saturated heterocycles. The molecule has 10 heteroatoms. The number of aryl methyl sites for hydroxylation is 1. The Balaban J connectivity index is 1.39. The van der Waals surface area contributed by atoms with Gasteiger partial charge >= 0.3 is 6.18 Å². The number of pyridine rings is 1. The minimum absolute atomic E-state index is 0.00270. The fourth-order valence-corrected chi connectivity index (χ4v) is 3.78. The molecule has 0 aliphatic carbocycles. The first-order chi connectivity index (χ1) is 14.8. The van der Waals surface area contributed by atoms with Crippen molar-refractivity contribution in [2.24, 2.45) is 0 Å². The van der Waals surface area contributed by atoms with E-state index in [4.69, 9.17) is 16.1 Å². The molecule has 3 heterocycles. The monoisotopic (exact) mass is 451 g/mol. The van der Waals surface area contributed by atoms with Gasteiger partial charge in [-0.1, -0.05) is 46.6 Å². The predicted octanol–water partition coefficient (Wildman–Crippen LogP) is 4.82. The molecule has 3 aromatic rings. The fourth-order valence-electron chi connectivity index (χ4n) is 3.49. The van der Waals surface area contributed by atoms with Crippen molar-refractivity contribution in [3.63, 3.8) is 0 Å². The zero-order chi connectivity index (χ0) is 22.0. The summed E-state index contributed by atoms with van der Waals surface area (Å²) in [6.45, 7) is 5.20. The number of rotatable bonds is 4. The summed E-state index contributed by atoms with van der Waals surface area (Å²) in [6, 6.07) is 8.82.